The minimum absolute atomic E-state index is 0.214. The lowest BCUT2D eigenvalue weighted by Gasteiger charge is -2.44. The van der Waals surface area contributed by atoms with Crippen molar-refractivity contribution in [2.75, 3.05) is 32.8 Å². The third kappa shape index (κ3) is 5.37. The fraction of sp³-hybridized carbons (Fsp3) is 0.571. The number of aliphatic hydroxyl groups is 1. The first-order chi connectivity index (χ1) is 12.9. The molecule has 1 saturated heterocycles. The highest BCUT2D eigenvalue weighted by Gasteiger charge is 2.29. The van der Waals surface area contributed by atoms with E-state index in [0.717, 1.165) is 56.0 Å². The van der Waals surface area contributed by atoms with Gasteiger partial charge in [-0.3, -0.25) is 14.9 Å². The van der Waals surface area contributed by atoms with E-state index in [1.54, 1.807) is 12.1 Å². The molecule has 1 fully saturated rings. The molecule has 2 aromatic rings. The molecule has 1 aromatic heterocycles. The summed E-state index contributed by atoms with van der Waals surface area (Å²) in [5.74, 6) is -0.235. The third-order valence-electron chi connectivity index (χ3n) is 5.07. The summed E-state index contributed by atoms with van der Waals surface area (Å²) < 4.78 is 13.2. The number of aliphatic hydroxyl groups excluding tert-OH is 1. The van der Waals surface area contributed by atoms with Crippen LogP contribution in [0.5, 0.6) is 0 Å². The number of halogens is 1. The van der Waals surface area contributed by atoms with E-state index >= 15 is 0 Å². The summed E-state index contributed by atoms with van der Waals surface area (Å²) in [6.45, 7) is 11.8. The summed E-state index contributed by atoms with van der Waals surface area (Å²) in [5.41, 5.74) is 3.26. The molecule has 1 aliphatic heterocycles. The molecule has 148 valence electrons. The van der Waals surface area contributed by atoms with Gasteiger partial charge in [0.15, 0.2) is 0 Å². The van der Waals surface area contributed by atoms with E-state index < -0.39 is 0 Å². The predicted molar refractivity (Wildman–Crippen MR) is 106 cm³/mol. The number of nitrogens with one attached hydrogen (secondary N) is 1. The van der Waals surface area contributed by atoms with Crippen LogP contribution in [0.15, 0.2) is 30.5 Å². The summed E-state index contributed by atoms with van der Waals surface area (Å²) >= 11 is 0. The maximum absolute atomic E-state index is 13.2. The first kappa shape index (κ1) is 20.0. The lowest BCUT2D eigenvalue weighted by Crippen LogP contribution is -2.54. The Morgan fingerprint density at radius 3 is 2.63 bits per heavy atom. The average molecular weight is 375 g/mol. The topological polar surface area (TPSA) is 55.4 Å². The Morgan fingerprint density at radius 2 is 1.96 bits per heavy atom. The summed E-state index contributed by atoms with van der Waals surface area (Å²) in [6, 6.07) is 6.87. The second-order valence-corrected chi connectivity index (χ2v) is 8.71. The zero-order valence-corrected chi connectivity index (χ0v) is 16.6. The highest BCUT2D eigenvalue weighted by molar-refractivity contribution is 5.62. The number of aromatic amines is 1. The van der Waals surface area contributed by atoms with Gasteiger partial charge < -0.3 is 5.11 Å². The molecule has 3 rings (SSSR count). The fourth-order valence-corrected chi connectivity index (χ4v) is 3.88. The second kappa shape index (κ2) is 8.50. The van der Waals surface area contributed by atoms with Gasteiger partial charge in [0.05, 0.1) is 11.9 Å². The molecule has 1 aliphatic rings. The largest absolute Gasteiger partial charge is 0.396 e. The van der Waals surface area contributed by atoms with Crippen molar-refractivity contribution in [1.29, 1.82) is 0 Å². The van der Waals surface area contributed by atoms with E-state index in [4.69, 9.17) is 0 Å². The molecule has 27 heavy (non-hydrogen) atoms. The quantitative estimate of drug-likeness (QED) is 0.816. The van der Waals surface area contributed by atoms with Crippen LogP contribution in [0.4, 0.5) is 4.39 Å². The normalized spacial score (nSPS) is 19.5. The van der Waals surface area contributed by atoms with Crippen molar-refractivity contribution in [1.82, 2.24) is 20.0 Å². The molecule has 0 amide bonds. The highest BCUT2D eigenvalue weighted by Crippen LogP contribution is 2.25. The highest BCUT2D eigenvalue weighted by atomic mass is 19.1. The molecule has 0 spiro atoms. The number of piperazine rings is 1. The van der Waals surface area contributed by atoms with Gasteiger partial charge in [-0.05, 0) is 36.1 Å². The standard InChI is InChI=1S/C21H31FN4O/c1-21(2,3)15-26-10-9-25(14-19(26)8-11-27)13-17-12-23-24-20(17)16-4-6-18(22)7-5-16/h4-7,12,19,27H,8-11,13-15H2,1-3H3,(H,23,24)/t19-/m1/s1. The van der Waals surface area contributed by atoms with Gasteiger partial charge >= 0.3 is 0 Å². The summed E-state index contributed by atoms with van der Waals surface area (Å²) in [5, 5.41) is 16.8. The number of aromatic nitrogens is 2. The van der Waals surface area contributed by atoms with Crippen LogP contribution in [0.3, 0.4) is 0 Å². The molecular weight excluding hydrogens is 343 g/mol. The Balaban J connectivity index is 1.68. The van der Waals surface area contributed by atoms with Crippen LogP contribution in [0.2, 0.25) is 0 Å². The van der Waals surface area contributed by atoms with E-state index in [-0.39, 0.29) is 17.8 Å². The molecule has 0 unspecified atom stereocenters. The van der Waals surface area contributed by atoms with Crippen LogP contribution in [0.25, 0.3) is 11.3 Å². The van der Waals surface area contributed by atoms with Crippen LogP contribution in [0, 0.1) is 11.2 Å². The van der Waals surface area contributed by atoms with E-state index in [1.165, 1.54) is 12.1 Å². The molecule has 2 heterocycles. The van der Waals surface area contributed by atoms with Gasteiger partial charge in [0, 0.05) is 56.5 Å². The molecule has 0 bridgehead atoms. The van der Waals surface area contributed by atoms with Crippen molar-refractivity contribution in [2.24, 2.45) is 5.41 Å². The van der Waals surface area contributed by atoms with Crippen LogP contribution >= 0.6 is 0 Å². The molecule has 6 heteroatoms. The minimum Gasteiger partial charge on any atom is -0.396 e. The molecule has 1 aromatic carbocycles. The molecule has 0 saturated carbocycles. The number of H-pyrrole nitrogens is 1. The zero-order valence-electron chi connectivity index (χ0n) is 16.6. The number of hydrogen-bond donors (Lipinski definition) is 2. The van der Waals surface area contributed by atoms with E-state index in [0.29, 0.717) is 6.04 Å². The van der Waals surface area contributed by atoms with Crippen molar-refractivity contribution in [2.45, 2.75) is 39.8 Å². The first-order valence-corrected chi connectivity index (χ1v) is 9.71. The van der Waals surface area contributed by atoms with Gasteiger partial charge in [0.25, 0.3) is 0 Å². The van der Waals surface area contributed by atoms with Gasteiger partial charge in [0.1, 0.15) is 5.82 Å². The van der Waals surface area contributed by atoms with Gasteiger partial charge in [-0.1, -0.05) is 20.8 Å². The maximum Gasteiger partial charge on any atom is 0.123 e. The maximum atomic E-state index is 13.2. The Morgan fingerprint density at radius 1 is 1.22 bits per heavy atom. The Labute approximate surface area is 161 Å². The lowest BCUT2D eigenvalue weighted by molar-refractivity contribution is 0.0340. The SMILES string of the molecule is CC(C)(C)CN1CCN(Cc2cn[nH]c2-c2ccc(F)cc2)C[C@H]1CCO. The van der Waals surface area contributed by atoms with Gasteiger partial charge in [-0.2, -0.15) is 5.10 Å². The van der Waals surface area contributed by atoms with Crippen LogP contribution in [-0.2, 0) is 6.54 Å². The smallest absolute Gasteiger partial charge is 0.123 e. The van der Waals surface area contributed by atoms with Crippen LogP contribution in [-0.4, -0.2) is 63.9 Å². The molecule has 0 radical (unpaired) electrons. The Kier molecular flexibility index (Phi) is 6.29. The Hall–Kier alpha value is -1.76. The first-order valence-electron chi connectivity index (χ1n) is 9.71. The van der Waals surface area contributed by atoms with Gasteiger partial charge in [0.2, 0.25) is 0 Å². The zero-order chi connectivity index (χ0) is 19.4. The molecule has 0 aliphatic carbocycles. The lowest BCUT2D eigenvalue weighted by atomic mass is 9.94. The average Bonchev–Trinajstić information content (AvgIpc) is 3.05. The number of benzene rings is 1. The van der Waals surface area contributed by atoms with E-state index in [1.807, 2.05) is 6.20 Å². The number of hydrogen-bond acceptors (Lipinski definition) is 4. The fourth-order valence-electron chi connectivity index (χ4n) is 3.88. The monoisotopic (exact) mass is 374 g/mol. The second-order valence-electron chi connectivity index (χ2n) is 8.71. The molecule has 5 nitrogen and oxygen atoms in total. The van der Waals surface area contributed by atoms with Crippen molar-refractivity contribution in [3.05, 3.63) is 41.8 Å². The summed E-state index contributed by atoms with van der Waals surface area (Å²) in [6.07, 6.45) is 2.66. The Bertz CT molecular complexity index is 723. The molecule has 1 atom stereocenters. The predicted octanol–water partition coefficient (Wildman–Crippen LogP) is 3.13. The van der Waals surface area contributed by atoms with E-state index in [9.17, 15) is 9.50 Å². The van der Waals surface area contributed by atoms with E-state index in [2.05, 4.69) is 40.8 Å². The summed E-state index contributed by atoms with van der Waals surface area (Å²) in [4.78, 5) is 4.94. The van der Waals surface area contributed by atoms with Gasteiger partial charge in [-0.15, -0.1) is 0 Å². The van der Waals surface area contributed by atoms with Crippen LogP contribution < -0.4 is 0 Å². The van der Waals surface area contributed by atoms with Crippen molar-refractivity contribution in [3.8, 4) is 11.3 Å². The third-order valence-corrected chi connectivity index (χ3v) is 5.07. The molecule has 2 N–H and O–H groups in total. The van der Waals surface area contributed by atoms with Gasteiger partial charge in [-0.25, -0.2) is 4.39 Å². The van der Waals surface area contributed by atoms with Crippen molar-refractivity contribution >= 4 is 0 Å². The summed E-state index contributed by atoms with van der Waals surface area (Å²) in [7, 11) is 0. The van der Waals surface area contributed by atoms with Crippen molar-refractivity contribution in [3.63, 3.8) is 0 Å². The number of nitrogens with zero attached hydrogens (tertiary/aromatic N) is 3. The molecular formula is C21H31FN4O. The van der Waals surface area contributed by atoms with Crippen molar-refractivity contribution < 1.29 is 9.50 Å². The van der Waals surface area contributed by atoms with Crippen LogP contribution in [0.1, 0.15) is 32.8 Å². The number of rotatable bonds is 6. The minimum atomic E-state index is -0.235.